The molecule has 1 saturated carbocycles. The zero-order valence-corrected chi connectivity index (χ0v) is 12.5. The molecule has 0 amide bonds. The molecule has 1 spiro atoms. The van der Waals surface area contributed by atoms with Crippen molar-refractivity contribution in [2.45, 2.75) is 37.6 Å². The van der Waals surface area contributed by atoms with Gasteiger partial charge in [0, 0.05) is 17.3 Å². The van der Waals surface area contributed by atoms with Gasteiger partial charge in [0.25, 0.3) is 5.95 Å². The van der Waals surface area contributed by atoms with Crippen LogP contribution in [0.4, 0.5) is 0 Å². The third-order valence-corrected chi connectivity index (χ3v) is 5.03. The van der Waals surface area contributed by atoms with Gasteiger partial charge in [-0.2, -0.15) is 10.1 Å². The van der Waals surface area contributed by atoms with E-state index in [9.17, 15) is 0 Å². The molecule has 3 aromatic rings. The van der Waals surface area contributed by atoms with Crippen LogP contribution in [0, 0.1) is 6.92 Å². The minimum atomic E-state index is 0.257. The van der Waals surface area contributed by atoms with Crippen molar-refractivity contribution in [3.8, 4) is 5.95 Å². The van der Waals surface area contributed by atoms with E-state index in [1.807, 2.05) is 17.7 Å². The largest absolute Gasteiger partial charge is 0.269 e. The number of hydrogen-bond acceptors (Lipinski definition) is 3. The Balaban J connectivity index is 1.65. The molecule has 1 aliphatic heterocycles. The van der Waals surface area contributed by atoms with E-state index in [1.54, 1.807) is 6.20 Å². The molecule has 1 atom stereocenters. The smallest absolute Gasteiger partial charge is 0.240 e. The van der Waals surface area contributed by atoms with Gasteiger partial charge in [-0.25, -0.2) is 9.36 Å². The van der Waals surface area contributed by atoms with Gasteiger partial charge in [-0.05, 0) is 37.8 Å². The Hall–Kier alpha value is -2.43. The Morgan fingerprint density at radius 3 is 2.64 bits per heavy atom. The summed E-state index contributed by atoms with van der Waals surface area (Å²) in [5.41, 5.74) is 2.64. The predicted octanol–water partition coefficient (Wildman–Crippen LogP) is 2.80. The summed E-state index contributed by atoms with van der Waals surface area (Å²) >= 11 is 0. The van der Waals surface area contributed by atoms with Gasteiger partial charge in [0.2, 0.25) is 0 Å². The van der Waals surface area contributed by atoms with Crippen LogP contribution in [-0.2, 0) is 5.41 Å². The van der Waals surface area contributed by atoms with Crippen molar-refractivity contribution in [3.63, 3.8) is 0 Å². The molecule has 1 aliphatic carbocycles. The average molecular weight is 291 g/mol. The summed E-state index contributed by atoms with van der Waals surface area (Å²) in [6.45, 7) is 2.03. The molecular formula is C17H17N5. The van der Waals surface area contributed by atoms with Crippen molar-refractivity contribution in [2.75, 3.05) is 0 Å². The fourth-order valence-electron chi connectivity index (χ4n) is 3.62. The first-order valence-corrected chi connectivity index (χ1v) is 7.80. The van der Waals surface area contributed by atoms with Crippen LogP contribution in [0.15, 0.2) is 42.6 Å². The number of aryl methyl sites for hydroxylation is 1. The molecule has 1 fully saturated rings. The summed E-state index contributed by atoms with van der Waals surface area (Å²) in [6.07, 6.45) is 5.38. The van der Waals surface area contributed by atoms with Crippen LogP contribution < -0.4 is 0 Å². The topological polar surface area (TPSA) is 48.5 Å². The van der Waals surface area contributed by atoms with Gasteiger partial charge < -0.3 is 0 Å². The summed E-state index contributed by atoms with van der Waals surface area (Å²) in [5, 5.41) is 9.14. The molecule has 5 rings (SSSR count). The molecule has 2 aromatic heterocycles. The lowest BCUT2D eigenvalue weighted by molar-refractivity contribution is 0.526. The first-order chi connectivity index (χ1) is 10.8. The van der Waals surface area contributed by atoms with E-state index in [0.717, 1.165) is 17.9 Å². The zero-order valence-electron chi connectivity index (χ0n) is 12.5. The average Bonchev–Trinajstić information content (AvgIpc) is 2.87. The van der Waals surface area contributed by atoms with Crippen LogP contribution in [0.3, 0.4) is 0 Å². The molecule has 5 heteroatoms. The summed E-state index contributed by atoms with van der Waals surface area (Å²) in [4.78, 5) is 4.84. The minimum Gasteiger partial charge on any atom is -0.240 e. The summed E-state index contributed by atoms with van der Waals surface area (Å²) in [5.74, 6) is 1.84. The van der Waals surface area contributed by atoms with Gasteiger partial charge in [0.05, 0.1) is 6.04 Å². The maximum atomic E-state index is 4.84. The van der Waals surface area contributed by atoms with Crippen LogP contribution >= 0.6 is 0 Å². The van der Waals surface area contributed by atoms with E-state index in [-0.39, 0.29) is 5.41 Å². The standard InChI is InChI=1S/C17H17N5/c1-12-7-10-18-21(12)16-19-15-17(8-9-17)11-14(22(15)20-16)13-5-3-2-4-6-13/h2-7,10,14H,8-9,11H2,1H3/t14-/m0/s1. The van der Waals surface area contributed by atoms with Gasteiger partial charge in [0.1, 0.15) is 5.82 Å². The highest BCUT2D eigenvalue weighted by molar-refractivity contribution is 5.33. The molecule has 0 radical (unpaired) electrons. The second-order valence-corrected chi connectivity index (χ2v) is 6.48. The molecule has 22 heavy (non-hydrogen) atoms. The maximum Gasteiger partial charge on any atom is 0.269 e. The van der Waals surface area contributed by atoms with Gasteiger partial charge in [-0.3, -0.25) is 0 Å². The highest BCUT2D eigenvalue weighted by atomic mass is 15.5. The van der Waals surface area contributed by atoms with Crippen LogP contribution in [0.5, 0.6) is 0 Å². The number of benzene rings is 1. The van der Waals surface area contributed by atoms with E-state index < -0.39 is 0 Å². The summed E-state index contributed by atoms with van der Waals surface area (Å²) < 4.78 is 3.96. The fourth-order valence-corrected chi connectivity index (χ4v) is 3.62. The monoisotopic (exact) mass is 291 g/mol. The van der Waals surface area contributed by atoms with E-state index in [0.29, 0.717) is 12.0 Å². The van der Waals surface area contributed by atoms with Gasteiger partial charge in [-0.15, -0.1) is 5.10 Å². The third-order valence-electron chi connectivity index (χ3n) is 5.03. The van der Waals surface area contributed by atoms with Crippen molar-refractivity contribution in [1.82, 2.24) is 24.5 Å². The highest BCUT2D eigenvalue weighted by Gasteiger charge is 2.55. The number of rotatable bonds is 2. The minimum absolute atomic E-state index is 0.257. The molecular weight excluding hydrogens is 274 g/mol. The second-order valence-electron chi connectivity index (χ2n) is 6.48. The Morgan fingerprint density at radius 1 is 1.14 bits per heavy atom. The van der Waals surface area contributed by atoms with Crippen LogP contribution in [0.2, 0.25) is 0 Å². The van der Waals surface area contributed by atoms with E-state index in [2.05, 4.69) is 40.1 Å². The van der Waals surface area contributed by atoms with Crippen molar-refractivity contribution in [3.05, 3.63) is 59.7 Å². The Bertz CT molecular complexity index is 841. The molecule has 0 unspecified atom stereocenters. The molecule has 0 N–H and O–H groups in total. The van der Waals surface area contributed by atoms with Crippen LogP contribution in [-0.4, -0.2) is 24.5 Å². The summed E-state index contributed by atoms with van der Waals surface area (Å²) in [7, 11) is 0. The molecule has 110 valence electrons. The first-order valence-electron chi connectivity index (χ1n) is 7.80. The van der Waals surface area contributed by atoms with Crippen molar-refractivity contribution < 1.29 is 0 Å². The maximum absolute atomic E-state index is 4.84. The van der Waals surface area contributed by atoms with E-state index in [4.69, 9.17) is 10.1 Å². The van der Waals surface area contributed by atoms with Gasteiger partial charge in [-0.1, -0.05) is 30.3 Å². The Morgan fingerprint density at radius 2 is 1.95 bits per heavy atom. The lowest BCUT2D eigenvalue weighted by Crippen LogP contribution is -2.09. The summed E-state index contributed by atoms with van der Waals surface area (Å²) in [6, 6.07) is 12.9. The zero-order chi connectivity index (χ0) is 14.7. The molecule has 3 heterocycles. The number of fused-ring (bicyclic) bond motifs is 2. The van der Waals surface area contributed by atoms with E-state index >= 15 is 0 Å². The van der Waals surface area contributed by atoms with Gasteiger partial charge >= 0.3 is 0 Å². The lowest BCUT2D eigenvalue weighted by Gasteiger charge is -2.12. The Kier molecular flexibility index (Phi) is 2.24. The van der Waals surface area contributed by atoms with Crippen LogP contribution in [0.25, 0.3) is 5.95 Å². The van der Waals surface area contributed by atoms with Crippen LogP contribution in [0.1, 0.15) is 42.4 Å². The first kappa shape index (κ1) is 12.1. The second kappa shape index (κ2) is 4.06. The van der Waals surface area contributed by atoms with Crippen molar-refractivity contribution >= 4 is 0 Å². The number of hydrogen-bond donors (Lipinski definition) is 0. The van der Waals surface area contributed by atoms with Crippen molar-refractivity contribution in [1.29, 1.82) is 0 Å². The molecule has 5 nitrogen and oxygen atoms in total. The van der Waals surface area contributed by atoms with Crippen molar-refractivity contribution in [2.24, 2.45) is 0 Å². The highest BCUT2D eigenvalue weighted by Crippen LogP contribution is 2.58. The molecule has 0 bridgehead atoms. The molecule has 1 aromatic carbocycles. The van der Waals surface area contributed by atoms with Gasteiger partial charge in [0.15, 0.2) is 0 Å². The molecule has 2 aliphatic rings. The predicted molar refractivity (Wildman–Crippen MR) is 82.0 cm³/mol. The molecule has 0 saturated heterocycles. The lowest BCUT2D eigenvalue weighted by atomic mass is 9.97. The number of nitrogens with zero attached hydrogens (tertiary/aromatic N) is 5. The normalized spacial score (nSPS) is 21.2. The SMILES string of the molecule is Cc1ccnn1-c1nc2n(n1)[C@H](c1ccccc1)CC21CC1. The van der Waals surface area contributed by atoms with E-state index in [1.165, 1.54) is 18.4 Å². The fraction of sp³-hybridized carbons (Fsp3) is 0.353. The number of aromatic nitrogens is 5. The quantitative estimate of drug-likeness (QED) is 0.729. The Labute approximate surface area is 128 Å². The third kappa shape index (κ3) is 1.56.